The van der Waals surface area contributed by atoms with E-state index in [4.69, 9.17) is 16.3 Å². The maximum Gasteiger partial charge on any atom is 0.268 e. The molecule has 0 aliphatic carbocycles. The minimum absolute atomic E-state index is 0.283. The highest BCUT2D eigenvalue weighted by atomic mass is 35.5. The minimum Gasteiger partial charge on any atom is -0.492 e. The molecule has 4 aromatic rings. The largest absolute Gasteiger partial charge is 0.492 e. The molecule has 6 heteroatoms. The number of ether oxygens (including phenoxy) is 1. The number of hydrogen-bond donors (Lipinski definition) is 2. The van der Waals surface area contributed by atoms with E-state index in [9.17, 15) is 9.90 Å². The summed E-state index contributed by atoms with van der Waals surface area (Å²) in [5.41, 5.74) is 0.935. The van der Waals surface area contributed by atoms with E-state index < -0.39 is 5.60 Å². The molecular formula is C24H19ClN2O3. The number of aromatic amines is 1. The molecule has 1 atom stereocenters. The molecule has 0 bridgehead atoms. The molecule has 0 radical (unpaired) electrons. The summed E-state index contributed by atoms with van der Waals surface area (Å²) in [4.78, 5) is 18.3. The zero-order valence-corrected chi connectivity index (χ0v) is 16.8. The molecule has 0 spiro atoms. The molecule has 0 saturated carbocycles. The van der Waals surface area contributed by atoms with Crippen molar-refractivity contribution in [2.45, 2.75) is 5.60 Å². The Balaban J connectivity index is 1.47. The molecule has 3 aromatic carbocycles. The summed E-state index contributed by atoms with van der Waals surface area (Å²) in [5.74, 6) is 0.291. The van der Waals surface area contributed by atoms with E-state index in [1.165, 1.54) is 0 Å². The number of rotatable bonds is 5. The zero-order valence-electron chi connectivity index (χ0n) is 16.0. The van der Waals surface area contributed by atoms with E-state index in [-0.39, 0.29) is 12.5 Å². The number of benzene rings is 3. The van der Waals surface area contributed by atoms with Crippen LogP contribution < -0.4 is 9.64 Å². The van der Waals surface area contributed by atoms with Crippen molar-refractivity contribution >= 4 is 34.1 Å². The van der Waals surface area contributed by atoms with Gasteiger partial charge in [0, 0.05) is 33.2 Å². The third kappa shape index (κ3) is 2.86. The number of carbonyl (C=O) groups is 1. The smallest absolute Gasteiger partial charge is 0.268 e. The van der Waals surface area contributed by atoms with Gasteiger partial charge in [0.05, 0.1) is 12.2 Å². The first-order valence-corrected chi connectivity index (χ1v) is 10.1. The lowest BCUT2D eigenvalue weighted by molar-refractivity contribution is -0.132. The first-order valence-electron chi connectivity index (χ1n) is 9.68. The fraction of sp³-hybridized carbons (Fsp3) is 0.125. The van der Waals surface area contributed by atoms with Crippen molar-refractivity contribution in [3.05, 3.63) is 95.1 Å². The summed E-state index contributed by atoms with van der Waals surface area (Å²) >= 11 is 5.91. The Morgan fingerprint density at radius 3 is 2.53 bits per heavy atom. The van der Waals surface area contributed by atoms with Crippen molar-refractivity contribution in [2.24, 2.45) is 0 Å². The van der Waals surface area contributed by atoms with E-state index in [2.05, 4.69) is 4.98 Å². The third-order valence-corrected chi connectivity index (χ3v) is 5.77. The quantitative estimate of drug-likeness (QED) is 0.502. The maximum absolute atomic E-state index is 13.5. The van der Waals surface area contributed by atoms with Crippen molar-refractivity contribution in [3.8, 4) is 5.75 Å². The van der Waals surface area contributed by atoms with Gasteiger partial charge in [0.15, 0.2) is 5.60 Å². The van der Waals surface area contributed by atoms with E-state index in [0.29, 0.717) is 34.1 Å². The van der Waals surface area contributed by atoms with Gasteiger partial charge in [-0.05, 0) is 36.4 Å². The van der Waals surface area contributed by atoms with Gasteiger partial charge < -0.3 is 19.7 Å². The Labute approximate surface area is 178 Å². The molecule has 30 heavy (non-hydrogen) atoms. The van der Waals surface area contributed by atoms with Gasteiger partial charge in [-0.1, -0.05) is 48.0 Å². The highest BCUT2D eigenvalue weighted by molar-refractivity contribution is 6.30. The molecule has 2 N–H and O–H groups in total. The van der Waals surface area contributed by atoms with Crippen molar-refractivity contribution in [2.75, 3.05) is 18.1 Å². The number of carbonyl (C=O) groups excluding carboxylic acids is 1. The minimum atomic E-state index is -1.75. The summed E-state index contributed by atoms with van der Waals surface area (Å²) in [5, 5.41) is 13.2. The maximum atomic E-state index is 13.5. The van der Waals surface area contributed by atoms with Gasteiger partial charge in [0.1, 0.15) is 12.4 Å². The normalized spacial score (nSPS) is 18.1. The van der Waals surface area contributed by atoms with Crippen LogP contribution >= 0.6 is 11.6 Å². The number of halogens is 1. The van der Waals surface area contributed by atoms with Crippen LogP contribution in [0.4, 0.5) is 5.69 Å². The molecule has 1 amide bonds. The second kappa shape index (κ2) is 7.20. The van der Waals surface area contributed by atoms with Crippen molar-refractivity contribution in [3.63, 3.8) is 0 Å². The number of nitrogens with zero attached hydrogens (tertiary/aromatic N) is 1. The SMILES string of the molecule is O=C1N(CCOc2ccc(Cl)cc2)c2ccccc2C1(O)c1c[nH]c2ccccc12. The van der Waals surface area contributed by atoms with Crippen LogP contribution in [-0.2, 0) is 10.4 Å². The fourth-order valence-corrected chi connectivity index (χ4v) is 4.20. The Kier molecular flexibility index (Phi) is 4.50. The summed E-state index contributed by atoms with van der Waals surface area (Å²) < 4.78 is 5.78. The van der Waals surface area contributed by atoms with Crippen molar-refractivity contribution in [1.29, 1.82) is 0 Å². The fourth-order valence-electron chi connectivity index (χ4n) is 4.07. The molecule has 1 aliphatic rings. The number of H-pyrrole nitrogens is 1. The van der Waals surface area contributed by atoms with Gasteiger partial charge in [-0.2, -0.15) is 0 Å². The summed E-state index contributed by atoms with van der Waals surface area (Å²) in [6.07, 6.45) is 1.72. The molecule has 1 aromatic heterocycles. The number of hydrogen-bond acceptors (Lipinski definition) is 3. The van der Waals surface area contributed by atoms with E-state index in [0.717, 1.165) is 10.9 Å². The van der Waals surface area contributed by atoms with Gasteiger partial charge in [-0.3, -0.25) is 4.79 Å². The first-order chi connectivity index (χ1) is 14.6. The molecule has 150 valence electrons. The number of fused-ring (bicyclic) bond motifs is 2. The zero-order chi connectivity index (χ0) is 20.7. The lowest BCUT2D eigenvalue weighted by Crippen LogP contribution is -2.42. The van der Waals surface area contributed by atoms with Crippen LogP contribution in [-0.4, -0.2) is 29.1 Å². The van der Waals surface area contributed by atoms with E-state index in [1.807, 2.05) is 42.5 Å². The van der Waals surface area contributed by atoms with Crippen molar-refractivity contribution in [1.82, 2.24) is 4.98 Å². The topological polar surface area (TPSA) is 65.6 Å². The summed E-state index contributed by atoms with van der Waals surface area (Å²) in [6, 6.07) is 22.0. The predicted octanol–water partition coefficient (Wildman–Crippen LogP) is 4.48. The second-order valence-electron chi connectivity index (χ2n) is 7.23. The van der Waals surface area contributed by atoms with Gasteiger partial charge in [0.2, 0.25) is 0 Å². The van der Waals surface area contributed by atoms with Gasteiger partial charge >= 0.3 is 0 Å². The average molecular weight is 419 g/mol. The molecule has 5 nitrogen and oxygen atoms in total. The van der Waals surface area contributed by atoms with Crippen LogP contribution in [0.2, 0.25) is 5.02 Å². The molecular weight excluding hydrogens is 400 g/mol. The number of nitrogens with one attached hydrogen (secondary N) is 1. The summed E-state index contributed by atoms with van der Waals surface area (Å²) in [7, 11) is 0. The van der Waals surface area contributed by atoms with E-state index >= 15 is 0 Å². The Hall–Kier alpha value is -3.28. The standard InChI is InChI=1S/C24H19ClN2O3/c25-16-9-11-17(12-10-16)30-14-13-27-22-8-4-2-6-19(22)24(29,23(27)28)20-15-26-21-7-3-1-5-18(20)21/h1-12,15,26,29H,13-14H2. The molecule has 1 aliphatic heterocycles. The molecule has 2 heterocycles. The Bertz CT molecular complexity index is 1230. The number of amides is 1. The van der Waals surface area contributed by atoms with Crippen LogP contribution in [0.3, 0.4) is 0 Å². The van der Waals surface area contributed by atoms with Crippen molar-refractivity contribution < 1.29 is 14.6 Å². The number of para-hydroxylation sites is 2. The van der Waals surface area contributed by atoms with Crippen LogP contribution in [0.5, 0.6) is 5.75 Å². The lowest BCUT2D eigenvalue weighted by Gasteiger charge is -2.23. The summed E-state index contributed by atoms with van der Waals surface area (Å²) in [6.45, 7) is 0.592. The van der Waals surface area contributed by atoms with Gasteiger partial charge in [0.25, 0.3) is 5.91 Å². The highest BCUT2D eigenvalue weighted by Gasteiger charge is 2.51. The van der Waals surface area contributed by atoms with Crippen LogP contribution in [0.1, 0.15) is 11.1 Å². The van der Waals surface area contributed by atoms with Gasteiger partial charge in [-0.25, -0.2) is 0 Å². The average Bonchev–Trinajstić information content (AvgIpc) is 3.30. The Morgan fingerprint density at radius 2 is 1.70 bits per heavy atom. The predicted molar refractivity (Wildman–Crippen MR) is 117 cm³/mol. The molecule has 0 fully saturated rings. The number of anilines is 1. The van der Waals surface area contributed by atoms with Crippen LogP contribution in [0, 0.1) is 0 Å². The lowest BCUT2D eigenvalue weighted by atomic mass is 9.87. The van der Waals surface area contributed by atoms with Gasteiger partial charge in [-0.15, -0.1) is 0 Å². The Morgan fingerprint density at radius 1 is 0.967 bits per heavy atom. The first kappa shape index (κ1) is 18.7. The van der Waals surface area contributed by atoms with Crippen LogP contribution in [0.15, 0.2) is 79.0 Å². The third-order valence-electron chi connectivity index (χ3n) is 5.52. The monoisotopic (exact) mass is 418 g/mol. The molecule has 5 rings (SSSR count). The van der Waals surface area contributed by atoms with E-state index in [1.54, 1.807) is 41.4 Å². The van der Waals surface area contributed by atoms with Crippen LogP contribution in [0.25, 0.3) is 10.9 Å². The number of aromatic nitrogens is 1. The molecule has 1 unspecified atom stereocenters. The number of aliphatic hydroxyl groups is 1. The highest BCUT2D eigenvalue weighted by Crippen LogP contribution is 2.46. The molecule has 0 saturated heterocycles. The second-order valence-corrected chi connectivity index (χ2v) is 7.67.